The van der Waals surface area contributed by atoms with E-state index < -0.39 is 0 Å². The summed E-state index contributed by atoms with van der Waals surface area (Å²) >= 11 is 1.32. The van der Waals surface area contributed by atoms with E-state index in [-0.39, 0.29) is 5.91 Å². The maximum absolute atomic E-state index is 12.4. The number of rotatable bonds is 3. The van der Waals surface area contributed by atoms with Crippen molar-refractivity contribution in [3.63, 3.8) is 0 Å². The zero-order valence-electron chi connectivity index (χ0n) is 12.3. The van der Waals surface area contributed by atoms with E-state index in [4.69, 9.17) is 5.73 Å². The van der Waals surface area contributed by atoms with Crippen molar-refractivity contribution in [3.05, 3.63) is 47.2 Å². The van der Waals surface area contributed by atoms with Crippen LogP contribution in [0.1, 0.15) is 35.1 Å². The minimum atomic E-state index is -0.224. The third-order valence-corrected chi connectivity index (χ3v) is 4.47. The first-order chi connectivity index (χ1) is 10.6. The second kappa shape index (κ2) is 5.73. The molecule has 1 amide bonds. The van der Waals surface area contributed by atoms with Crippen LogP contribution in [-0.2, 0) is 0 Å². The van der Waals surface area contributed by atoms with Crippen LogP contribution in [0.4, 0.5) is 11.4 Å². The topological polar surface area (TPSA) is 80.9 Å². The Hall–Kier alpha value is -2.47. The fourth-order valence-corrected chi connectivity index (χ4v) is 3.12. The van der Waals surface area contributed by atoms with E-state index >= 15 is 0 Å². The predicted molar refractivity (Wildman–Crippen MR) is 90.3 cm³/mol. The van der Waals surface area contributed by atoms with Crippen molar-refractivity contribution in [2.45, 2.75) is 19.8 Å². The minimum Gasteiger partial charge on any atom is -0.397 e. The van der Waals surface area contributed by atoms with Gasteiger partial charge in [-0.25, -0.2) is 4.98 Å². The molecule has 3 N–H and O–H groups in total. The fraction of sp³-hybridized carbons (Fsp3) is 0.188. The largest absolute Gasteiger partial charge is 0.397 e. The summed E-state index contributed by atoms with van der Waals surface area (Å²) in [6.07, 6.45) is 3.25. The van der Waals surface area contributed by atoms with Gasteiger partial charge in [0.25, 0.3) is 5.91 Å². The monoisotopic (exact) mass is 312 g/mol. The molecule has 0 atom stereocenters. The maximum atomic E-state index is 12.4. The van der Waals surface area contributed by atoms with Gasteiger partial charge in [0.1, 0.15) is 9.71 Å². The molecular formula is C16H16N4OS. The van der Waals surface area contributed by atoms with Gasteiger partial charge in [-0.1, -0.05) is 13.8 Å². The molecule has 0 radical (unpaired) electrons. The molecule has 0 spiro atoms. The van der Waals surface area contributed by atoms with Crippen LogP contribution in [0.15, 0.2) is 36.7 Å². The highest BCUT2D eigenvalue weighted by Gasteiger charge is 2.18. The summed E-state index contributed by atoms with van der Waals surface area (Å²) < 4.78 is 0. The Morgan fingerprint density at radius 2 is 1.95 bits per heavy atom. The number of anilines is 2. The second-order valence-electron chi connectivity index (χ2n) is 5.28. The van der Waals surface area contributed by atoms with Crippen LogP contribution in [0.3, 0.4) is 0 Å². The van der Waals surface area contributed by atoms with Crippen molar-refractivity contribution in [2.75, 3.05) is 11.1 Å². The molecule has 3 aromatic heterocycles. The van der Waals surface area contributed by atoms with E-state index in [0.717, 1.165) is 15.9 Å². The number of carbonyl (C=O) groups excluding carboxylic acids is 1. The lowest BCUT2D eigenvalue weighted by Gasteiger charge is -2.03. The molecular weight excluding hydrogens is 296 g/mol. The van der Waals surface area contributed by atoms with Gasteiger partial charge in [0.2, 0.25) is 0 Å². The number of fused-ring (bicyclic) bond motifs is 1. The molecule has 3 aromatic rings. The van der Waals surface area contributed by atoms with E-state index in [1.165, 1.54) is 11.3 Å². The number of amides is 1. The van der Waals surface area contributed by atoms with Crippen molar-refractivity contribution < 1.29 is 4.79 Å². The zero-order valence-corrected chi connectivity index (χ0v) is 13.1. The Bertz CT molecular complexity index is 827. The number of thiophene rings is 1. The van der Waals surface area contributed by atoms with Crippen LogP contribution in [0.25, 0.3) is 10.2 Å². The summed E-state index contributed by atoms with van der Waals surface area (Å²) in [4.78, 5) is 22.2. The first kappa shape index (κ1) is 14.5. The Balaban J connectivity index is 1.96. The van der Waals surface area contributed by atoms with Crippen LogP contribution < -0.4 is 11.1 Å². The molecule has 112 valence electrons. The van der Waals surface area contributed by atoms with Crippen molar-refractivity contribution in [3.8, 4) is 0 Å². The van der Waals surface area contributed by atoms with E-state index in [9.17, 15) is 4.79 Å². The van der Waals surface area contributed by atoms with E-state index in [1.807, 2.05) is 12.1 Å². The summed E-state index contributed by atoms with van der Waals surface area (Å²) in [5.41, 5.74) is 8.28. The molecule has 22 heavy (non-hydrogen) atoms. The summed E-state index contributed by atoms with van der Waals surface area (Å²) in [6, 6.07) is 7.36. The highest BCUT2D eigenvalue weighted by Crippen LogP contribution is 2.33. The van der Waals surface area contributed by atoms with Crippen LogP contribution in [0.5, 0.6) is 0 Å². The minimum absolute atomic E-state index is 0.224. The third kappa shape index (κ3) is 2.65. The van der Waals surface area contributed by atoms with Gasteiger partial charge in [0.05, 0.1) is 5.69 Å². The quantitative estimate of drug-likeness (QED) is 0.773. The van der Waals surface area contributed by atoms with Crippen LogP contribution in [0, 0.1) is 0 Å². The summed E-state index contributed by atoms with van der Waals surface area (Å²) in [5, 5.41) is 3.65. The number of nitrogen functional groups attached to an aromatic ring is 1. The number of nitrogens with zero attached hydrogens (tertiary/aromatic N) is 2. The van der Waals surface area contributed by atoms with Gasteiger partial charge in [-0.15, -0.1) is 11.3 Å². The third-order valence-electron chi connectivity index (χ3n) is 3.35. The number of nitrogens with one attached hydrogen (secondary N) is 1. The first-order valence-corrected chi connectivity index (χ1v) is 7.78. The number of carbonyl (C=O) groups is 1. The van der Waals surface area contributed by atoms with Gasteiger partial charge >= 0.3 is 0 Å². The van der Waals surface area contributed by atoms with Crippen LogP contribution in [-0.4, -0.2) is 15.9 Å². The lowest BCUT2D eigenvalue weighted by molar-refractivity contribution is 0.103. The smallest absolute Gasteiger partial charge is 0.267 e. The predicted octanol–water partition coefficient (Wildman–Crippen LogP) is 3.65. The van der Waals surface area contributed by atoms with E-state index in [1.54, 1.807) is 24.5 Å². The van der Waals surface area contributed by atoms with Gasteiger partial charge < -0.3 is 11.1 Å². The standard InChI is InChI=1S/C16H16N4OS/c1-9(2)12-4-3-11-13(17)14(22-16(11)20-12)15(21)19-10-5-7-18-8-6-10/h3-9H,17H2,1-2H3,(H,18,19,21). The average molecular weight is 312 g/mol. The van der Waals surface area contributed by atoms with Crippen LogP contribution in [0.2, 0.25) is 0 Å². The van der Waals surface area contributed by atoms with Crippen molar-refractivity contribution in [2.24, 2.45) is 0 Å². The molecule has 6 heteroatoms. The molecule has 0 aliphatic carbocycles. The zero-order chi connectivity index (χ0) is 15.7. The summed E-state index contributed by atoms with van der Waals surface area (Å²) in [7, 11) is 0. The van der Waals surface area contributed by atoms with Crippen molar-refractivity contribution >= 4 is 38.8 Å². The molecule has 0 aliphatic rings. The molecule has 3 heterocycles. The number of pyridine rings is 2. The highest BCUT2D eigenvalue weighted by molar-refractivity contribution is 7.21. The Morgan fingerprint density at radius 3 is 2.64 bits per heavy atom. The molecule has 3 rings (SSSR count). The SMILES string of the molecule is CC(C)c1ccc2c(N)c(C(=O)Nc3ccncc3)sc2n1. The number of hydrogen-bond donors (Lipinski definition) is 2. The fourth-order valence-electron chi connectivity index (χ4n) is 2.12. The lowest BCUT2D eigenvalue weighted by Crippen LogP contribution is -2.11. The maximum Gasteiger partial charge on any atom is 0.267 e. The molecule has 0 aromatic carbocycles. The van der Waals surface area contributed by atoms with Crippen molar-refractivity contribution in [1.29, 1.82) is 0 Å². The average Bonchev–Trinajstić information content (AvgIpc) is 2.85. The number of hydrogen-bond acceptors (Lipinski definition) is 5. The molecule has 0 saturated heterocycles. The Morgan fingerprint density at radius 1 is 1.23 bits per heavy atom. The van der Waals surface area contributed by atoms with E-state index in [0.29, 0.717) is 22.2 Å². The highest BCUT2D eigenvalue weighted by atomic mass is 32.1. The first-order valence-electron chi connectivity index (χ1n) is 6.96. The normalized spacial score (nSPS) is 11.0. The Kier molecular flexibility index (Phi) is 3.77. The van der Waals surface area contributed by atoms with Gasteiger partial charge in [0, 0.05) is 29.2 Å². The van der Waals surface area contributed by atoms with E-state index in [2.05, 4.69) is 29.1 Å². The lowest BCUT2D eigenvalue weighted by atomic mass is 10.1. The number of nitrogens with two attached hydrogens (primary N) is 1. The van der Waals surface area contributed by atoms with Gasteiger partial charge in [-0.05, 0) is 30.2 Å². The van der Waals surface area contributed by atoms with Gasteiger partial charge in [0.15, 0.2) is 0 Å². The number of aromatic nitrogens is 2. The van der Waals surface area contributed by atoms with Gasteiger partial charge in [-0.2, -0.15) is 0 Å². The van der Waals surface area contributed by atoms with Crippen LogP contribution >= 0.6 is 11.3 Å². The second-order valence-corrected chi connectivity index (χ2v) is 6.28. The molecule has 5 nitrogen and oxygen atoms in total. The Labute approximate surface area is 132 Å². The summed E-state index contributed by atoms with van der Waals surface area (Å²) in [6.45, 7) is 4.17. The van der Waals surface area contributed by atoms with Gasteiger partial charge in [-0.3, -0.25) is 9.78 Å². The molecule has 0 bridgehead atoms. The molecule has 0 saturated carbocycles. The molecule has 0 aliphatic heterocycles. The molecule has 0 fully saturated rings. The molecule has 0 unspecified atom stereocenters. The van der Waals surface area contributed by atoms with Crippen molar-refractivity contribution in [1.82, 2.24) is 9.97 Å². The summed E-state index contributed by atoms with van der Waals surface area (Å²) in [5.74, 6) is 0.111.